The van der Waals surface area contributed by atoms with Gasteiger partial charge in [-0.15, -0.1) is 11.3 Å². The van der Waals surface area contributed by atoms with Crippen molar-refractivity contribution in [2.24, 2.45) is 5.73 Å². The summed E-state index contributed by atoms with van der Waals surface area (Å²) in [5, 5.41) is 7.78. The number of hydrogen-bond donors (Lipinski definition) is 2. The lowest BCUT2D eigenvalue weighted by atomic mass is 9.95. The Morgan fingerprint density at radius 2 is 2.19 bits per heavy atom. The third kappa shape index (κ3) is 3.47. The molecule has 142 valence electrons. The van der Waals surface area contributed by atoms with E-state index in [-0.39, 0.29) is 0 Å². The number of aromatic nitrogens is 2. The average molecular weight is 385 g/mol. The number of anilines is 1. The van der Waals surface area contributed by atoms with Crippen molar-refractivity contribution in [3.63, 3.8) is 0 Å². The molecule has 3 heterocycles. The Morgan fingerprint density at radius 1 is 1.37 bits per heavy atom. The molecule has 0 atom stereocenters. The zero-order valence-corrected chi connectivity index (χ0v) is 16.1. The Hall–Kier alpha value is -2.29. The van der Waals surface area contributed by atoms with Crippen molar-refractivity contribution >= 4 is 39.2 Å². The smallest absolute Gasteiger partial charge is 0.162 e. The molecule has 0 amide bonds. The summed E-state index contributed by atoms with van der Waals surface area (Å²) in [6.45, 7) is 3.55. The van der Waals surface area contributed by atoms with Crippen LogP contribution in [0.2, 0.25) is 0 Å². The lowest BCUT2D eigenvalue weighted by Gasteiger charge is -2.28. The van der Waals surface area contributed by atoms with E-state index in [1.807, 2.05) is 0 Å². The van der Waals surface area contributed by atoms with Crippen LogP contribution in [0, 0.1) is 5.41 Å². The largest absolute Gasteiger partial charge is 0.401 e. The number of morpholine rings is 1. The van der Waals surface area contributed by atoms with Crippen molar-refractivity contribution in [1.82, 2.24) is 9.97 Å². The molecule has 0 spiro atoms. The van der Waals surface area contributed by atoms with Crippen LogP contribution in [0.1, 0.15) is 23.5 Å². The summed E-state index contributed by atoms with van der Waals surface area (Å²) < 4.78 is 11.9. The number of thiophene rings is 1. The first-order valence-electron chi connectivity index (χ1n) is 9.03. The maximum Gasteiger partial charge on any atom is 0.162 e. The Labute approximate surface area is 162 Å². The molecule has 1 fully saturated rings. The zero-order chi connectivity index (χ0) is 18.8. The molecule has 0 saturated carbocycles. The van der Waals surface area contributed by atoms with Crippen molar-refractivity contribution in [2.75, 3.05) is 38.3 Å². The maximum absolute atomic E-state index is 7.78. The Bertz CT molecular complexity index is 928. The van der Waals surface area contributed by atoms with E-state index in [2.05, 4.69) is 17.0 Å². The van der Waals surface area contributed by atoms with Crippen LogP contribution in [-0.2, 0) is 16.1 Å². The summed E-state index contributed by atoms with van der Waals surface area (Å²) >= 11 is 1.67. The SMILES string of the molecule is COCc1cc2nc(C3=CCCC(N)=C3C=N)nc(N3CCOCC3)c2s1. The molecule has 0 radical (unpaired) electrons. The number of hydrogen-bond acceptors (Lipinski definition) is 8. The molecular formula is C19H23N5O2S. The molecular weight excluding hydrogens is 362 g/mol. The van der Waals surface area contributed by atoms with Gasteiger partial charge in [0.15, 0.2) is 11.6 Å². The molecule has 1 saturated heterocycles. The summed E-state index contributed by atoms with van der Waals surface area (Å²) in [6.07, 6.45) is 5.00. The molecule has 0 aromatic carbocycles. The number of nitrogens with two attached hydrogens (primary N) is 1. The minimum atomic E-state index is 0.556. The minimum Gasteiger partial charge on any atom is -0.401 e. The third-order valence-electron chi connectivity index (χ3n) is 4.79. The van der Waals surface area contributed by atoms with Crippen LogP contribution in [-0.4, -0.2) is 49.6 Å². The van der Waals surface area contributed by atoms with Gasteiger partial charge in [-0.05, 0) is 18.9 Å². The third-order valence-corrected chi connectivity index (χ3v) is 5.88. The number of ether oxygens (including phenoxy) is 2. The molecule has 3 N–H and O–H groups in total. The normalized spacial score (nSPS) is 18.1. The molecule has 0 bridgehead atoms. The topological polar surface area (TPSA) is 97.4 Å². The highest BCUT2D eigenvalue weighted by Crippen LogP contribution is 2.36. The van der Waals surface area contributed by atoms with E-state index < -0.39 is 0 Å². The second-order valence-corrected chi connectivity index (χ2v) is 7.71. The Morgan fingerprint density at radius 3 is 2.93 bits per heavy atom. The fourth-order valence-electron chi connectivity index (χ4n) is 3.46. The van der Waals surface area contributed by atoms with Gasteiger partial charge >= 0.3 is 0 Å². The molecule has 0 unspecified atom stereocenters. The average Bonchev–Trinajstić information content (AvgIpc) is 3.10. The van der Waals surface area contributed by atoms with E-state index in [0.29, 0.717) is 25.6 Å². The van der Waals surface area contributed by atoms with Crippen molar-refractivity contribution in [3.05, 3.63) is 34.1 Å². The van der Waals surface area contributed by atoms with Crippen LogP contribution in [0.15, 0.2) is 23.4 Å². The lowest BCUT2D eigenvalue weighted by Crippen LogP contribution is -2.37. The van der Waals surface area contributed by atoms with Crippen LogP contribution < -0.4 is 10.6 Å². The van der Waals surface area contributed by atoms with E-state index in [4.69, 9.17) is 30.6 Å². The standard InChI is InChI=1S/C19H23N5O2S/c1-25-11-12-9-16-17(27-12)19(24-5-7-26-8-6-24)23-18(22-16)13-3-2-4-15(21)14(13)10-20/h3,9-10,20H,2,4-8,11,21H2,1H3. The molecule has 2 aromatic rings. The first kappa shape index (κ1) is 18.1. The minimum absolute atomic E-state index is 0.556. The lowest BCUT2D eigenvalue weighted by molar-refractivity contribution is 0.122. The van der Waals surface area contributed by atoms with Gasteiger partial charge in [0.05, 0.1) is 30.0 Å². The van der Waals surface area contributed by atoms with E-state index in [0.717, 1.165) is 63.7 Å². The van der Waals surface area contributed by atoms with Gasteiger partial charge in [0.1, 0.15) is 0 Å². The van der Waals surface area contributed by atoms with E-state index in [9.17, 15) is 0 Å². The quantitative estimate of drug-likeness (QED) is 0.768. The Kier molecular flexibility index (Phi) is 5.20. The molecule has 1 aliphatic heterocycles. The van der Waals surface area contributed by atoms with Gasteiger partial charge in [-0.3, -0.25) is 0 Å². The highest BCUT2D eigenvalue weighted by atomic mass is 32.1. The molecule has 7 nitrogen and oxygen atoms in total. The van der Waals surface area contributed by atoms with Gasteiger partial charge in [0, 0.05) is 48.1 Å². The zero-order valence-electron chi connectivity index (χ0n) is 15.3. The number of allylic oxidation sites excluding steroid dienone is 4. The number of nitrogens with one attached hydrogen (secondary N) is 1. The van der Waals surface area contributed by atoms with Gasteiger partial charge < -0.3 is 25.5 Å². The fourth-order valence-corrected chi connectivity index (χ4v) is 4.54. The summed E-state index contributed by atoms with van der Waals surface area (Å²) in [6, 6.07) is 2.07. The van der Waals surface area contributed by atoms with E-state index in [1.54, 1.807) is 18.4 Å². The van der Waals surface area contributed by atoms with Crippen molar-refractivity contribution in [1.29, 1.82) is 5.41 Å². The molecule has 2 aromatic heterocycles. The number of nitrogens with zero attached hydrogens (tertiary/aromatic N) is 3. The molecule has 1 aliphatic carbocycles. The van der Waals surface area contributed by atoms with Crippen molar-refractivity contribution < 1.29 is 9.47 Å². The van der Waals surface area contributed by atoms with Crippen LogP contribution >= 0.6 is 11.3 Å². The van der Waals surface area contributed by atoms with Crippen molar-refractivity contribution in [2.45, 2.75) is 19.4 Å². The van der Waals surface area contributed by atoms with Gasteiger partial charge in [-0.2, -0.15) is 0 Å². The van der Waals surface area contributed by atoms with Gasteiger partial charge in [-0.25, -0.2) is 9.97 Å². The molecule has 4 rings (SSSR count). The van der Waals surface area contributed by atoms with Gasteiger partial charge in [0.25, 0.3) is 0 Å². The van der Waals surface area contributed by atoms with E-state index in [1.165, 1.54) is 6.21 Å². The molecule has 8 heteroatoms. The number of methoxy groups -OCH3 is 1. The first-order valence-corrected chi connectivity index (χ1v) is 9.85. The Balaban J connectivity index is 1.86. The van der Waals surface area contributed by atoms with Gasteiger partial charge in [0.2, 0.25) is 0 Å². The highest BCUT2D eigenvalue weighted by Gasteiger charge is 2.23. The fraction of sp³-hybridized carbons (Fsp3) is 0.421. The molecule has 27 heavy (non-hydrogen) atoms. The van der Waals surface area contributed by atoms with Crippen LogP contribution in [0.5, 0.6) is 0 Å². The monoisotopic (exact) mass is 385 g/mol. The van der Waals surface area contributed by atoms with Crippen molar-refractivity contribution in [3.8, 4) is 0 Å². The predicted octanol–water partition coefficient (Wildman–Crippen LogP) is 2.71. The van der Waals surface area contributed by atoms with Gasteiger partial charge in [-0.1, -0.05) is 6.08 Å². The summed E-state index contributed by atoms with van der Waals surface area (Å²) in [5.74, 6) is 1.56. The maximum atomic E-state index is 7.78. The van der Waals surface area contributed by atoms with E-state index >= 15 is 0 Å². The number of rotatable bonds is 5. The summed E-state index contributed by atoms with van der Waals surface area (Å²) in [4.78, 5) is 13.1. The predicted molar refractivity (Wildman–Crippen MR) is 108 cm³/mol. The van der Waals surface area contributed by atoms with Crippen LogP contribution in [0.25, 0.3) is 15.8 Å². The molecule has 2 aliphatic rings. The second-order valence-electron chi connectivity index (χ2n) is 6.57. The van der Waals surface area contributed by atoms with Crippen LogP contribution in [0.3, 0.4) is 0 Å². The number of fused-ring (bicyclic) bond motifs is 1. The highest BCUT2D eigenvalue weighted by molar-refractivity contribution is 7.19. The first-order chi connectivity index (χ1) is 13.2. The second kappa shape index (κ2) is 7.75. The summed E-state index contributed by atoms with van der Waals surface area (Å²) in [5.41, 5.74) is 9.36. The summed E-state index contributed by atoms with van der Waals surface area (Å²) in [7, 11) is 1.70. The van der Waals surface area contributed by atoms with Crippen LogP contribution in [0.4, 0.5) is 5.82 Å².